The molecule has 2 aromatic heterocycles. The fraction of sp³-hybridized carbons (Fsp3) is 0.217. The van der Waals surface area contributed by atoms with Crippen LogP contribution in [0.3, 0.4) is 0 Å². The van der Waals surface area contributed by atoms with Gasteiger partial charge >= 0.3 is 12.1 Å². The van der Waals surface area contributed by atoms with Crippen molar-refractivity contribution in [1.29, 1.82) is 0 Å². The third-order valence-electron chi connectivity index (χ3n) is 5.35. The number of anilines is 1. The SMILES string of the molecule is Cc1c(O)n(-c2ccc(OC(F)(F)F)cc2)c(=O)n1Cc1ccnc2ccc(N(C)C)cc12. The van der Waals surface area contributed by atoms with Gasteiger partial charge in [-0.1, -0.05) is 0 Å². The monoisotopic (exact) mass is 458 g/mol. The first-order chi connectivity index (χ1) is 15.5. The van der Waals surface area contributed by atoms with Crippen LogP contribution in [0, 0.1) is 6.92 Å². The molecule has 0 radical (unpaired) electrons. The lowest BCUT2D eigenvalue weighted by Crippen LogP contribution is -2.24. The summed E-state index contributed by atoms with van der Waals surface area (Å²) in [6.07, 6.45) is -3.16. The zero-order valence-corrected chi connectivity index (χ0v) is 18.1. The van der Waals surface area contributed by atoms with Crippen LogP contribution in [0.25, 0.3) is 16.6 Å². The maximum atomic E-state index is 13.2. The van der Waals surface area contributed by atoms with Crippen LogP contribution in [-0.4, -0.2) is 39.7 Å². The first kappa shape index (κ1) is 22.3. The summed E-state index contributed by atoms with van der Waals surface area (Å²) >= 11 is 0. The van der Waals surface area contributed by atoms with Gasteiger partial charge in [0.25, 0.3) is 0 Å². The molecule has 0 aliphatic heterocycles. The summed E-state index contributed by atoms with van der Waals surface area (Å²) in [6.45, 7) is 1.78. The standard InChI is InChI=1S/C23H21F3N4O3/c1-14-21(31)30(16-4-7-18(8-5-16)33-23(24,25)26)22(32)29(14)13-15-10-11-27-20-9-6-17(28(2)3)12-19(15)20/h4-12,31H,13H2,1-3H3. The molecule has 0 aliphatic carbocycles. The van der Waals surface area contributed by atoms with Crippen molar-refractivity contribution in [3.8, 4) is 17.3 Å². The molecule has 0 spiro atoms. The average Bonchev–Trinajstić information content (AvgIpc) is 2.96. The number of halogens is 3. The van der Waals surface area contributed by atoms with Crippen LogP contribution in [0.1, 0.15) is 11.3 Å². The second-order valence-corrected chi connectivity index (χ2v) is 7.72. The first-order valence-electron chi connectivity index (χ1n) is 9.97. The van der Waals surface area contributed by atoms with Gasteiger partial charge in [-0.3, -0.25) is 9.55 Å². The summed E-state index contributed by atoms with van der Waals surface area (Å²) in [5.41, 5.74) is 2.59. The molecular formula is C23H21F3N4O3. The van der Waals surface area contributed by atoms with E-state index in [0.717, 1.165) is 38.9 Å². The Balaban J connectivity index is 1.74. The molecule has 0 saturated heterocycles. The Morgan fingerprint density at radius 1 is 1.09 bits per heavy atom. The summed E-state index contributed by atoms with van der Waals surface area (Å²) in [5.74, 6) is -0.716. The van der Waals surface area contributed by atoms with Crippen LogP contribution in [0.5, 0.6) is 11.6 Å². The predicted molar refractivity (Wildman–Crippen MR) is 118 cm³/mol. The first-order valence-corrected chi connectivity index (χ1v) is 9.97. The lowest BCUT2D eigenvalue weighted by Gasteiger charge is -2.14. The second kappa shape index (κ2) is 8.19. The summed E-state index contributed by atoms with van der Waals surface area (Å²) in [7, 11) is 3.85. The van der Waals surface area contributed by atoms with E-state index in [1.807, 2.05) is 43.3 Å². The van der Waals surface area contributed by atoms with E-state index in [-0.39, 0.29) is 18.1 Å². The van der Waals surface area contributed by atoms with Crippen LogP contribution < -0.4 is 15.3 Å². The van der Waals surface area contributed by atoms with Gasteiger partial charge in [0, 0.05) is 31.4 Å². The molecular weight excluding hydrogens is 437 g/mol. The number of pyridine rings is 1. The molecule has 0 fully saturated rings. The van der Waals surface area contributed by atoms with E-state index >= 15 is 0 Å². The van der Waals surface area contributed by atoms with E-state index in [4.69, 9.17) is 0 Å². The van der Waals surface area contributed by atoms with Crippen LogP contribution in [0.15, 0.2) is 59.5 Å². The van der Waals surface area contributed by atoms with Crippen molar-refractivity contribution >= 4 is 16.6 Å². The molecule has 7 nitrogen and oxygen atoms in total. The number of fused-ring (bicyclic) bond motifs is 1. The van der Waals surface area contributed by atoms with Crippen LogP contribution in [0.4, 0.5) is 18.9 Å². The van der Waals surface area contributed by atoms with Crippen LogP contribution in [-0.2, 0) is 6.54 Å². The highest BCUT2D eigenvalue weighted by molar-refractivity contribution is 5.85. The van der Waals surface area contributed by atoms with Gasteiger partial charge in [-0.05, 0) is 61.0 Å². The van der Waals surface area contributed by atoms with Gasteiger partial charge in [-0.25, -0.2) is 9.36 Å². The van der Waals surface area contributed by atoms with E-state index in [2.05, 4.69) is 9.72 Å². The molecule has 4 aromatic rings. The highest BCUT2D eigenvalue weighted by atomic mass is 19.4. The average molecular weight is 458 g/mol. The van der Waals surface area contributed by atoms with Crippen molar-refractivity contribution in [3.05, 3.63) is 76.5 Å². The molecule has 0 unspecified atom stereocenters. The van der Waals surface area contributed by atoms with E-state index in [0.29, 0.717) is 5.69 Å². The smallest absolute Gasteiger partial charge is 0.493 e. The van der Waals surface area contributed by atoms with Gasteiger partial charge in [-0.15, -0.1) is 13.2 Å². The molecule has 0 atom stereocenters. The lowest BCUT2D eigenvalue weighted by molar-refractivity contribution is -0.274. The molecule has 4 rings (SSSR count). The molecule has 0 amide bonds. The number of aromatic hydroxyl groups is 1. The van der Waals surface area contributed by atoms with Gasteiger partial charge in [0.1, 0.15) is 5.75 Å². The van der Waals surface area contributed by atoms with E-state index in [1.165, 1.54) is 16.7 Å². The molecule has 33 heavy (non-hydrogen) atoms. The van der Waals surface area contributed by atoms with Gasteiger partial charge in [0.05, 0.1) is 23.4 Å². The molecule has 2 aromatic carbocycles. The Kier molecular flexibility index (Phi) is 5.52. The number of imidazole rings is 1. The normalized spacial score (nSPS) is 11.7. The molecule has 0 bridgehead atoms. The van der Waals surface area contributed by atoms with Gasteiger partial charge < -0.3 is 14.7 Å². The summed E-state index contributed by atoms with van der Waals surface area (Å²) in [6, 6.07) is 12.4. The van der Waals surface area contributed by atoms with Gasteiger partial charge in [0.2, 0.25) is 5.88 Å². The number of benzene rings is 2. The van der Waals surface area contributed by atoms with Gasteiger partial charge in [0.15, 0.2) is 0 Å². The topological polar surface area (TPSA) is 72.5 Å². The molecule has 0 aliphatic rings. The summed E-state index contributed by atoms with van der Waals surface area (Å²) in [4.78, 5) is 19.5. The van der Waals surface area contributed by atoms with Crippen molar-refractivity contribution in [2.24, 2.45) is 0 Å². The molecule has 10 heteroatoms. The van der Waals surface area contributed by atoms with E-state index in [9.17, 15) is 23.1 Å². The maximum absolute atomic E-state index is 13.2. The fourth-order valence-corrected chi connectivity index (χ4v) is 3.63. The number of alkyl halides is 3. The van der Waals surface area contributed by atoms with E-state index in [1.54, 1.807) is 13.1 Å². The predicted octanol–water partition coefficient (Wildman–Crippen LogP) is 4.21. The molecule has 0 saturated carbocycles. The van der Waals surface area contributed by atoms with Crippen LogP contribution >= 0.6 is 0 Å². The van der Waals surface area contributed by atoms with Crippen molar-refractivity contribution in [2.45, 2.75) is 19.8 Å². The quantitative estimate of drug-likeness (QED) is 0.485. The minimum absolute atomic E-state index is 0.177. The second-order valence-electron chi connectivity index (χ2n) is 7.72. The van der Waals surface area contributed by atoms with Crippen molar-refractivity contribution in [2.75, 3.05) is 19.0 Å². The van der Waals surface area contributed by atoms with Crippen molar-refractivity contribution in [1.82, 2.24) is 14.1 Å². The Bertz CT molecular complexity index is 1370. The number of hydrogen-bond donors (Lipinski definition) is 1. The van der Waals surface area contributed by atoms with Crippen molar-refractivity contribution < 1.29 is 23.0 Å². The number of rotatable bonds is 5. The highest BCUT2D eigenvalue weighted by Gasteiger charge is 2.31. The Morgan fingerprint density at radius 2 is 1.79 bits per heavy atom. The van der Waals surface area contributed by atoms with E-state index < -0.39 is 17.8 Å². The summed E-state index contributed by atoms with van der Waals surface area (Å²) in [5, 5.41) is 11.5. The van der Waals surface area contributed by atoms with Gasteiger partial charge in [-0.2, -0.15) is 0 Å². The third-order valence-corrected chi connectivity index (χ3v) is 5.35. The number of aromatic nitrogens is 3. The lowest BCUT2D eigenvalue weighted by atomic mass is 10.1. The minimum Gasteiger partial charge on any atom is -0.493 e. The maximum Gasteiger partial charge on any atom is 0.573 e. The zero-order chi connectivity index (χ0) is 23.9. The Morgan fingerprint density at radius 3 is 2.42 bits per heavy atom. The zero-order valence-electron chi connectivity index (χ0n) is 18.1. The Labute approximate surface area is 186 Å². The largest absolute Gasteiger partial charge is 0.573 e. The molecule has 2 heterocycles. The number of ether oxygens (including phenoxy) is 1. The number of hydrogen-bond acceptors (Lipinski definition) is 5. The Hall–Kier alpha value is -3.95. The molecule has 1 N–H and O–H groups in total. The summed E-state index contributed by atoms with van der Waals surface area (Å²) < 4.78 is 43.5. The highest BCUT2D eigenvalue weighted by Crippen LogP contribution is 2.27. The third kappa shape index (κ3) is 4.36. The van der Waals surface area contributed by atoms with Crippen LogP contribution in [0.2, 0.25) is 0 Å². The van der Waals surface area contributed by atoms with Crippen molar-refractivity contribution in [3.63, 3.8) is 0 Å². The fourth-order valence-electron chi connectivity index (χ4n) is 3.63. The molecule has 172 valence electrons. The number of nitrogens with zero attached hydrogens (tertiary/aromatic N) is 4. The minimum atomic E-state index is -4.82.